The first-order valence-electron chi connectivity index (χ1n) is 13.1. The molecular formula is C29H33BrN4O3S. The van der Waals surface area contributed by atoms with Crippen molar-refractivity contribution in [1.29, 1.82) is 0 Å². The highest BCUT2D eigenvalue weighted by molar-refractivity contribution is 9.10. The Balaban J connectivity index is 1.47. The first-order valence-corrected chi connectivity index (χ1v) is 15.4. The number of fused-ring (bicyclic) bond motifs is 1. The van der Waals surface area contributed by atoms with Crippen molar-refractivity contribution in [2.45, 2.75) is 37.1 Å². The molecule has 9 heteroatoms. The molecule has 5 rings (SSSR count). The number of nitrogens with zero attached hydrogens (tertiary/aromatic N) is 2. The summed E-state index contributed by atoms with van der Waals surface area (Å²) in [6.45, 7) is 6.35. The molecule has 38 heavy (non-hydrogen) atoms. The number of carbonyl (C=O) groups excluding carboxylic acids is 1. The van der Waals surface area contributed by atoms with E-state index in [1.807, 2.05) is 30.3 Å². The molecule has 1 aliphatic heterocycles. The average molecular weight is 598 g/mol. The van der Waals surface area contributed by atoms with Gasteiger partial charge in [-0.2, -0.15) is 0 Å². The molecule has 0 spiro atoms. The van der Waals surface area contributed by atoms with E-state index in [0.717, 1.165) is 62.0 Å². The number of halogens is 1. The summed E-state index contributed by atoms with van der Waals surface area (Å²) in [5, 5.41) is 2.88. The maximum Gasteiger partial charge on any atom is 0.255 e. The van der Waals surface area contributed by atoms with E-state index in [9.17, 15) is 13.2 Å². The van der Waals surface area contributed by atoms with Gasteiger partial charge in [-0.05, 0) is 73.3 Å². The van der Waals surface area contributed by atoms with Crippen LogP contribution >= 0.6 is 15.9 Å². The molecule has 1 unspecified atom stereocenters. The number of sulfonamides is 1. The summed E-state index contributed by atoms with van der Waals surface area (Å²) in [5.41, 5.74) is 3.82. The highest BCUT2D eigenvalue weighted by Gasteiger charge is 2.30. The first-order chi connectivity index (χ1) is 18.3. The third kappa shape index (κ3) is 5.96. The Kier molecular flexibility index (Phi) is 8.18. The van der Waals surface area contributed by atoms with Gasteiger partial charge in [-0.3, -0.25) is 4.79 Å². The van der Waals surface area contributed by atoms with Crippen LogP contribution in [0.5, 0.6) is 0 Å². The Labute approximate surface area is 233 Å². The Hall–Kier alpha value is -2.72. The second-order valence-electron chi connectivity index (χ2n) is 9.83. The van der Waals surface area contributed by atoms with E-state index in [1.165, 1.54) is 5.56 Å². The van der Waals surface area contributed by atoms with Crippen LogP contribution in [0.1, 0.15) is 47.3 Å². The molecule has 1 atom stereocenters. The zero-order valence-electron chi connectivity index (χ0n) is 21.5. The number of benzene rings is 3. The number of rotatable bonds is 7. The van der Waals surface area contributed by atoms with Crippen LogP contribution in [0, 0.1) is 0 Å². The van der Waals surface area contributed by atoms with Crippen molar-refractivity contribution < 1.29 is 13.2 Å². The summed E-state index contributed by atoms with van der Waals surface area (Å²) in [6.07, 6.45) is 2.64. The fourth-order valence-corrected chi connectivity index (χ4v) is 7.23. The number of piperazine rings is 1. The van der Waals surface area contributed by atoms with Gasteiger partial charge in [0.25, 0.3) is 5.91 Å². The smallest absolute Gasteiger partial charge is 0.255 e. The van der Waals surface area contributed by atoms with Crippen LogP contribution in [0.2, 0.25) is 0 Å². The van der Waals surface area contributed by atoms with Gasteiger partial charge in [-0.25, -0.2) is 13.1 Å². The summed E-state index contributed by atoms with van der Waals surface area (Å²) in [4.78, 5) is 17.6. The second kappa shape index (κ2) is 11.6. The zero-order chi connectivity index (χ0) is 26.7. The Bertz CT molecular complexity index is 1420. The highest BCUT2D eigenvalue weighted by atomic mass is 79.9. The summed E-state index contributed by atoms with van der Waals surface area (Å²) in [7, 11) is -3.90. The van der Waals surface area contributed by atoms with Crippen molar-refractivity contribution in [3.8, 4) is 0 Å². The molecule has 1 aliphatic carbocycles. The minimum absolute atomic E-state index is 0.192. The number of amides is 1. The summed E-state index contributed by atoms with van der Waals surface area (Å²) >= 11 is 3.40. The molecule has 1 heterocycles. The number of carbonyl (C=O) groups is 1. The monoisotopic (exact) mass is 596 g/mol. The molecule has 0 saturated carbocycles. The molecule has 200 valence electrons. The van der Waals surface area contributed by atoms with Gasteiger partial charge in [0.05, 0.1) is 5.69 Å². The standard InChI is InChI=1S/C29H33BrN4O3S/c1-2-33-15-17-34(18-16-33)27-14-13-24(31-29(35)22-9-5-10-23(30)19-22)20-28(27)38(36,37)32-26-12-6-8-21-7-3-4-11-25(21)26/h3-5,7,9-11,13-14,19-20,26,32H,2,6,8,12,15-18H2,1H3,(H,31,35). The number of aryl methyl sites for hydroxylation is 1. The number of nitrogens with one attached hydrogen (secondary N) is 2. The summed E-state index contributed by atoms with van der Waals surface area (Å²) < 4.78 is 31.8. The predicted molar refractivity (Wildman–Crippen MR) is 155 cm³/mol. The van der Waals surface area contributed by atoms with Crippen LogP contribution in [0.4, 0.5) is 11.4 Å². The lowest BCUT2D eigenvalue weighted by Crippen LogP contribution is -2.46. The zero-order valence-corrected chi connectivity index (χ0v) is 23.9. The molecule has 3 aromatic carbocycles. The van der Waals surface area contributed by atoms with E-state index in [2.05, 4.69) is 48.8 Å². The molecule has 2 N–H and O–H groups in total. The first kappa shape index (κ1) is 26.9. The maximum absolute atomic E-state index is 14.0. The van der Waals surface area contributed by atoms with Crippen LogP contribution in [0.3, 0.4) is 0 Å². The van der Waals surface area contributed by atoms with E-state index >= 15 is 0 Å². The highest BCUT2D eigenvalue weighted by Crippen LogP contribution is 2.34. The van der Waals surface area contributed by atoms with Crippen LogP contribution in [-0.4, -0.2) is 51.9 Å². The van der Waals surface area contributed by atoms with Crippen molar-refractivity contribution in [2.24, 2.45) is 0 Å². The molecule has 0 bridgehead atoms. The molecule has 2 aliphatic rings. The van der Waals surface area contributed by atoms with E-state index in [4.69, 9.17) is 0 Å². The Morgan fingerprint density at radius 1 is 1.00 bits per heavy atom. The topological polar surface area (TPSA) is 81.8 Å². The van der Waals surface area contributed by atoms with Gasteiger partial charge in [0.15, 0.2) is 0 Å². The largest absolute Gasteiger partial charge is 0.368 e. The third-order valence-electron chi connectivity index (χ3n) is 7.42. The van der Waals surface area contributed by atoms with Gasteiger partial charge in [0, 0.05) is 47.9 Å². The van der Waals surface area contributed by atoms with Gasteiger partial charge in [0.2, 0.25) is 10.0 Å². The molecule has 0 aromatic heterocycles. The van der Waals surface area contributed by atoms with Gasteiger partial charge in [-0.1, -0.05) is 53.2 Å². The average Bonchev–Trinajstić information content (AvgIpc) is 2.93. The molecule has 7 nitrogen and oxygen atoms in total. The van der Waals surface area contributed by atoms with E-state index in [1.54, 1.807) is 30.3 Å². The lowest BCUT2D eigenvalue weighted by Gasteiger charge is -2.36. The molecule has 1 fully saturated rings. The minimum atomic E-state index is -3.90. The van der Waals surface area contributed by atoms with E-state index in [-0.39, 0.29) is 16.8 Å². The third-order valence-corrected chi connectivity index (χ3v) is 9.42. The van der Waals surface area contributed by atoms with Crippen molar-refractivity contribution >= 4 is 43.2 Å². The van der Waals surface area contributed by atoms with Crippen molar-refractivity contribution in [2.75, 3.05) is 42.9 Å². The molecular weight excluding hydrogens is 564 g/mol. The van der Waals surface area contributed by atoms with E-state index in [0.29, 0.717) is 16.9 Å². The fraction of sp³-hybridized carbons (Fsp3) is 0.345. The lowest BCUT2D eigenvalue weighted by molar-refractivity contribution is 0.102. The lowest BCUT2D eigenvalue weighted by atomic mass is 9.88. The number of likely N-dealkylation sites (N-methyl/N-ethyl adjacent to an activating group) is 1. The van der Waals surface area contributed by atoms with Gasteiger partial charge in [0.1, 0.15) is 4.90 Å². The van der Waals surface area contributed by atoms with Crippen molar-refractivity contribution in [3.05, 3.63) is 87.9 Å². The van der Waals surface area contributed by atoms with Crippen LogP contribution in [0.25, 0.3) is 0 Å². The maximum atomic E-state index is 14.0. The molecule has 0 radical (unpaired) electrons. The fourth-order valence-electron chi connectivity index (χ4n) is 5.33. The van der Waals surface area contributed by atoms with Crippen molar-refractivity contribution in [3.63, 3.8) is 0 Å². The predicted octanol–water partition coefficient (Wildman–Crippen LogP) is 5.20. The summed E-state index contributed by atoms with van der Waals surface area (Å²) in [6, 6.07) is 20.1. The van der Waals surface area contributed by atoms with E-state index < -0.39 is 10.0 Å². The SMILES string of the molecule is CCN1CCN(c2ccc(NC(=O)c3cccc(Br)c3)cc2S(=O)(=O)NC2CCCc3ccccc32)CC1. The molecule has 1 saturated heterocycles. The quantitative estimate of drug-likeness (QED) is 0.392. The van der Waals surface area contributed by atoms with Gasteiger partial charge in [-0.15, -0.1) is 0 Å². The molecule has 3 aromatic rings. The minimum Gasteiger partial charge on any atom is -0.368 e. The van der Waals surface area contributed by atoms with Crippen molar-refractivity contribution in [1.82, 2.24) is 9.62 Å². The Morgan fingerprint density at radius 2 is 1.79 bits per heavy atom. The van der Waals surface area contributed by atoms with Crippen LogP contribution in [-0.2, 0) is 16.4 Å². The van der Waals surface area contributed by atoms with Crippen LogP contribution < -0.4 is 14.9 Å². The molecule has 1 amide bonds. The number of hydrogen-bond acceptors (Lipinski definition) is 5. The number of anilines is 2. The normalized spacial score (nSPS) is 18.2. The van der Waals surface area contributed by atoms with Crippen LogP contribution in [0.15, 0.2) is 76.1 Å². The number of hydrogen-bond donors (Lipinski definition) is 2. The van der Waals surface area contributed by atoms with Gasteiger partial charge < -0.3 is 15.1 Å². The van der Waals surface area contributed by atoms with Gasteiger partial charge >= 0.3 is 0 Å². The second-order valence-corrected chi connectivity index (χ2v) is 12.4. The Morgan fingerprint density at radius 3 is 2.55 bits per heavy atom. The summed E-state index contributed by atoms with van der Waals surface area (Å²) in [5.74, 6) is -0.298.